The van der Waals surface area contributed by atoms with Crippen molar-refractivity contribution in [3.8, 4) is 5.69 Å². The number of aromatic nitrogens is 2. The number of nitrogens with zero attached hydrogens (tertiary/aromatic N) is 2. The molecule has 3 heterocycles. The zero-order chi connectivity index (χ0) is 18.1. The first-order valence-corrected chi connectivity index (χ1v) is 9.02. The maximum atomic E-state index is 13.1. The van der Waals surface area contributed by atoms with Gasteiger partial charge in [0.15, 0.2) is 0 Å². The molecule has 0 aliphatic heterocycles. The van der Waals surface area contributed by atoms with E-state index >= 15 is 0 Å². The monoisotopic (exact) mass is 365 g/mol. The number of nitrogens with one attached hydrogen (secondary N) is 1. The van der Waals surface area contributed by atoms with E-state index in [-0.39, 0.29) is 17.8 Å². The molecular formula is C20H16FN3OS. The number of thiophene rings is 1. The van der Waals surface area contributed by atoms with Crippen LogP contribution in [0.4, 0.5) is 4.39 Å². The molecule has 0 aliphatic rings. The molecular weight excluding hydrogens is 349 g/mol. The maximum Gasteiger partial charge on any atom is 0.264 e. The third-order valence-electron chi connectivity index (χ3n) is 4.23. The van der Waals surface area contributed by atoms with Gasteiger partial charge < -0.3 is 9.88 Å². The zero-order valence-corrected chi connectivity index (χ0v) is 14.8. The van der Waals surface area contributed by atoms with Gasteiger partial charge in [-0.25, -0.2) is 9.37 Å². The predicted molar refractivity (Wildman–Crippen MR) is 101 cm³/mol. The molecule has 0 saturated heterocycles. The number of benzene rings is 1. The van der Waals surface area contributed by atoms with Crippen LogP contribution in [0.3, 0.4) is 0 Å². The topological polar surface area (TPSA) is 46.9 Å². The van der Waals surface area contributed by atoms with Crippen LogP contribution in [-0.2, 0) is 0 Å². The first-order chi connectivity index (χ1) is 12.6. The largest absolute Gasteiger partial charge is 0.345 e. The van der Waals surface area contributed by atoms with Gasteiger partial charge in [-0.2, -0.15) is 0 Å². The number of hydrogen-bond donors (Lipinski definition) is 1. The van der Waals surface area contributed by atoms with Gasteiger partial charge in [-0.1, -0.05) is 12.1 Å². The minimum atomic E-state index is -0.294. The lowest BCUT2D eigenvalue weighted by Gasteiger charge is -2.14. The van der Waals surface area contributed by atoms with Gasteiger partial charge in [-0.05, 0) is 48.9 Å². The quantitative estimate of drug-likeness (QED) is 0.569. The summed E-state index contributed by atoms with van der Waals surface area (Å²) in [5, 5.41) is 3.94. The molecule has 6 heteroatoms. The van der Waals surface area contributed by atoms with E-state index in [1.165, 1.54) is 23.5 Å². The Hall–Kier alpha value is -2.99. The third-order valence-corrected chi connectivity index (χ3v) is 5.33. The molecule has 0 bridgehead atoms. The summed E-state index contributed by atoms with van der Waals surface area (Å²) in [5.74, 6) is -0.466. The summed E-state index contributed by atoms with van der Waals surface area (Å²) in [6.45, 7) is 1.88. The highest BCUT2D eigenvalue weighted by atomic mass is 32.1. The highest BCUT2D eigenvalue weighted by molar-refractivity contribution is 7.21. The molecule has 0 spiro atoms. The second-order valence-electron chi connectivity index (χ2n) is 5.97. The van der Waals surface area contributed by atoms with E-state index in [1.54, 1.807) is 18.3 Å². The van der Waals surface area contributed by atoms with Crippen molar-refractivity contribution in [2.75, 3.05) is 0 Å². The summed E-state index contributed by atoms with van der Waals surface area (Å²) in [6.07, 6.45) is 5.55. The molecule has 3 aromatic heterocycles. The van der Waals surface area contributed by atoms with E-state index < -0.39 is 0 Å². The normalized spacial score (nSPS) is 12.2. The molecule has 0 radical (unpaired) electrons. The molecule has 1 atom stereocenters. The van der Waals surface area contributed by atoms with Crippen LogP contribution in [0.2, 0.25) is 0 Å². The Balaban J connectivity index is 1.71. The lowest BCUT2D eigenvalue weighted by Crippen LogP contribution is -2.26. The fourth-order valence-electron chi connectivity index (χ4n) is 2.91. The van der Waals surface area contributed by atoms with Crippen molar-refractivity contribution in [2.45, 2.75) is 13.0 Å². The van der Waals surface area contributed by atoms with Crippen molar-refractivity contribution in [1.29, 1.82) is 0 Å². The fourth-order valence-corrected chi connectivity index (χ4v) is 3.96. The van der Waals surface area contributed by atoms with Crippen LogP contribution in [0.5, 0.6) is 0 Å². The summed E-state index contributed by atoms with van der Waals surface area (Å²) in [6, 6.07) is 13.6. The lowest BCUT2D eigenvalue weighted by atomic mass is 10.1. The van der Waals surface area contributed by atoms with E-state index in [2.05, 4.69) is 10.3 Å². The van der Waals surface area contributed by atoms with E-state index in [4.69, 9.17) is 0 Å². The first kappa shape index (κ1) is 16.5. The molecule has 0 aliphatic carbocycles. The van der Waals surface area contributed by atoms with Crippen LogP contribution >= 0.6 is 11.3 Å². The smallest absolute Gasteiger partial charge is 0.264 e. The van der Waals surface area contributed by atoms with Crippen molar-refractivity contribution >= 4 is 27.5 Å². The number of halogens is 1. The van der Waals surface area contributed by atoms with Crippen LogP contribution in [0.15, 0.2) is 67.1 Å². The number of carbonyl (C=O) groups excluding carboxylic acids is 1. The van der Waals surface area contributed by atoms with E-state index in [1.807, 2.05) is 48.1 Å². The Labute approximate surface area is 153 Å². The molecule has 26 heavy (non-hydrogen) atoms. The van der Waals surface area contributed by atoms with E-state index in [0.29, 0.717) is 4.88 Å². The Morgan fingerprint density at radius 3 is 2.62 bits per heavy atom. The highest BCUT2D eigenvalue weighted by Gasteiger charge is 2.21. The van der Waals surface area contributed by atoms with Crippen molar-refractivity contribution in [1.82, 2.24) is 14.9 Å². The number of pyridine rings is 1. The summed E-state index contributed by atoms with van der Waals surface area (Å²) < 4.78 is 15.0. The van der Waals surface area contributed by atoms with Gasteiger partial charge in [-0.15, -0.1) is 11.3 Å². The number of amides is 1. The molecule has 4 rings (SSSR count). The van der Waals surface area contributed by atoms with Crippen LogP contribution < -0.4 is 5.32 Å². The molecule has 1 amide bonds. The van der Waals surface area contributed by atoms with Crippen LogP contribution in [0, 0.1) is 5.82 Å². The molecule has 1 aromatic carbocycles. The van der Waals surface area contributed by atoms with Crippen molar-refractivity contribution < 1.29 is 9.18 Å². The minimum Gasteiger partial charge on any atom is -0.345 e. The third kappa shape index (κ3) is 2.99. The van der Waals surface area contributed by atoms with Gasteiger partial charge in [0.2, 0.25) is 0 Å². The molecule has 4 nitrogen and oxygen atoms in total. The lowest BCUT2D eigenvalue weighted by molar-refractivity contribution is 0.0944. The van der Waals surface area contributed by atoms with E-state index in [0.717, 1.165) is 21.5 Å². The maximum absolute atomic E-state index is 13.1. The van der Waals surface area contributed by atoms with Crippen LogP contribution in [0.25, 0.3) is 15.9 Å². The fraction of sp³-hybridized carbons (Fsp3) is 0.100. The number of fused-ring (bicyclic) bond motifs is 1. The van der Waals surface area contributed by atoms with Gasteiger partial charge in [0.05, 0.1) is 11.7 Å². The van der Waals surface area contributed by atoms with Gasteiger partial charge >= 0.3 is 0 Å². The highest BCUT2D eigenvalue weighted by Crippen LogP contribution is 2.33. The van der Waals surface area contributed by atoms with Crippen molar-refractivity contribution in [3.63, 3.8) is 0 Å². The molecule has 1 N–H and O–H groups in total. The Morgan fingerprint density at radius 1 is 1.15 bits per heavy atom. The molecule has 130 valence electrons. The summed E-state index contributed by atoms with van der Waals surface area (Å²) in [5.41, 5.74) is 1.67. The van der Waals surface area contributed by atoms with Gasteiger partial charge in [0, 0.05) is 24.0 Å². The second-order valence-corrected chi connectivity index (χ2v) is 6.97. The number of rotatable bonds is 4. The second kappa shape index (κ2) is 6.72. The van der Waals surface area contributed by atoms with Gasteiger partial charge in [0.25, 0.3) is 5.91 Å². The Morgan fingerprint density at radius 2 is 1.88 bits per heavy atom. The Kier molecular flexibility index (Phi) is 4.26. The van der Waals surface area contributed by atoms with Gasteiger partial charge in [0.1, 0.15) is 15.5 Å². The average molecular weight is 365 g/mol. The predicted octanol–water partition coefficient (Wildman–Crippen LogP) is 4.72. The standard InChI is InChI=1S/C20H16FN3OS/c1-13(14-6-8-15(21)9-7-14)23-19(25)18-17(24-11-2-3-12-24)16-5-4-10-22-20(16)26-18/h2-13H,1H3,(H,23,25)/t13-/m1/s1. The number of hydrogen-bond acceptors (Lipinski definition) is 3. The van der Waals surface area contributed by atoms with Crippen LogP contribution in [0.1, 0.15) is 28.2 Å². The first-order valence-electron chi connectivity index (χ1n) is 8.20. The van der Waals surface area contributed by atoms with Crippen molar-refractivity contribution in [3.05, 3.63) is 83.4 Å². The summed E-state index contributed by atoms with van der Waals surface area (Å²) >= 11 is 1.37. The summed E-state index contributed by atoms with van der Waals surface area (Å²) in [4.78, 5) is 18.8. The SMILES string of the molecule is C[C@@H](NC(=O)c1sc2ncccc2c1-n1cccc1)c1ccc(F)cc1. The molecule has 0 saturated carbocycles. The molecule has 0 fully saturated rings. The number of carbonyl (C=O) groups is 1. The molecule has 4 aromatic rings. The van der Waals surface area contributed by atoms with Crippen molar-refractivity contribution in [2.24, 2.45) is 0 Å². The summed E-state index contributed by atoms with van der Waals surface area (Å²) in [7, 11) is 0. The average Bonchev–Trinajstić information content (AvgIpc) is 3.29. The zero-order valence-electron chi connectivity index (χ0n) is 14.0. The minimum absolute atomic E-state index is 0.173. The van der Waals surface area contributed by atoms with E-state index in [9.17, 15) is 9.18 Å². The van der Waals surface area contributed by atoms with Crippen LogP contribution in [-0.4, -0.2) is 15.5 Å². The van der Waals surface area contributed by atoms with Gasteiger partial charge in [-0.3, -0.25) is 4.79 Å². The molecule has 0 unspecified atom stereocenters. The Bertz CT molecular complexity index is 1050.